The second-order valence-corrected chi connectivity index (χ2v) is 2.81. The van der Waals surface area contributed by atoms with E-state index in [1.54, 1.807) is 0 Å². The van der Waals surface area contributed by atoms with Crippen molar-refractivity contribution in [3.05, 3.63) is 12.3 Å². The van der Waals surface area contributed by atoms with Crippen molar-refractivity contribution in [2.45, 2.75) is 19.1 Å². The fourth-order valence-corrected chi connectivity index (χ4v) is 1.42. The smallest absolute Gasteiger partial charge is 0.131 e. The van der Waals surface area contributed by atoms with Crippen LogP contribution < -0.4 is 0 Å². The molecular weight excluding hydrogens is 140 g/mol. The molecular formula is C8H12N2O. The lowest BCUT2D eigenvalue weighted by Gasteiger charge is -2.25. The molecule has 1 fully saturated rings. The van der Waals surface area contributed by atoms with Gasteiger partial charge in [-0.2, -0.15) is 0 Å². The van der Waals surface area contributed by atoms with E-state index in [9.17, 15) is 0 Å². The Morgan fingerprint density at radius 3 is 3.18 bits per heavy atom. The molecule has 0 aromatic rings. The summed E-state index contributed by atoms with van der Waals surface area (Å²) >= 11 is 0. The van der Waals surface area contributed by atoms with Crippen LogP contribution in [-0.2, 0) is 4.74 Å². The Morgan fingerprint density at radius 1 is 1.55 bits per heavy atom. The molecule has 0 amide bonds. The zero-order valence-corrected chi connectivity index (χ0v) is 6.44. The van der Waals surface area contributed by atoms with Crippen LogP contribution in [0.5, 0.6) is 0 Å². The van der Waals surface area contributed by atoms with E-state index in [0.717, 1.165) is 19.6 Å². The lowest BCUT2D eigenvalue weighted by molar-refractivity contribution is 0.0277. The SMILES string of the molecule is C1=CN=CN(C2CCCO2)C1. The maximum atomic E-state index is 5.49. The summed E-state index contributed by atoms with van der Waals surface area (Å²) in [6.45, 7) is 1.84. The molecule has 0 N–H and O–H groups in total. The molecule has 1 atom stereocenters. The van der Waals surface area contributed by atoms with Gasteiger partial charge >= 0.3 is 0 Å². The quantitative estimate of drug-likeness (QED) is 0.559. The van der Waals surface area contributed by atoms with Crippen molar-refractivity contribution in [2.75, 3.05) is 13.2 Å². The molecule has 0 bridgehead atoms. The molecule has 0 aromatic heterocycles. The van der Waals surface area contributed by atoms with E-state index in [4.69, 9.17) is 4.74 Å². The van der Waals surface area contributed by atoms with Gasteiger partial charge in [-0.25, -0.2) is 4.99 Å². The van der Waals surface area contributed by atoms with E-state index in [-0.39, 0.29) is 6.23 Å². The minimum atomic E-state index is 0.281. The second kappa shape index (κ2) is 3.05. The Kier molecular flexibility index (Phi) is 1.90. The van der Waals surface area contributed by atoms with Crippen LogP contribution in [0.4, 0.5) is 0 Å². The fraction of sp³-hybridized carbons (Fsp3) is 0.625. The molecule has 0 saturated carbocycles. The molecule has 2 aliphatic heterocycles. The topological polar surface area (TPSA) is 24.8 Å². The van der Waals surface area contributed by atoms with E-state index >= 15 is 0 Å². The summed E-state index contributed by atoms with van der Waals surface area (Å²) in [7, 11) is 0. The van der Waals surface area contributed by atoms with Gasteiger partial charge in [-0.05, 0) is 18.9 Å². The van der Waals surface area contributed by atoms with Crippen LogP contribution in [0.1, 0.15) is 12.8 Å². The molecule has 2 aliphatic rings. The fourth-order valence-electron chi connectivity index (χ4n) is 1.42. The van der Waals surface area contributed by atoms with Gasteiger partial charge < -0.3 is 9.64 Å². The zero-order valence-electron chi connectivity index (χ0n) is 6.44. The third-order valence-electron chi connectivity index (χ3n) is 2.00. The second-order valence-electron chi connectivity index (χ2n) is 2.81. The molecule has 0 spiro atoms. The Hall–Kier alpha value is -0.830. The van der Waals surface area contributed by atoms with Gasteiger partial charge in [-0.3, -0.25) is 0 Å². The normalized spacial score (nSPS) is 29.8. The number of rotatable bonds is 1. The monoisotopic (exact) mass is 152 g/mol. The van der Waals surface area contributed by atoms with Crippen molar-refractivity contribution in [3.63, 3.8) is 0 Å². The molecule has 1 unspecified atom stereocenters. The van der Waals surface area contributed by atoms with Crippen molar-refractivity contribution < 1.29 is 4.74 Å². The van der Waals surface area contributed by atoms with Gasteiger partial charge in [0.15, 0.2) is 0 Å². The van der Waals surface area contributed by atoms with Gasteiger partial charge in [0.2, 0.25) is 0 Å². The summed E-state index contributed by atoms with van der Waals surface area (Å²) in [6.07, 6.45) is 8.32. The van der Waals surface area contributed by atoms with Crippen molar-refractivity contribution in [1.82, 2.24) is 4.90 Å². The molecule has 2 heterocycles. The van der Waals surface area contributed by atoms with Gasteiger partial charge in [0.1, 0.15) is 6.23 Å². The van der Waals surface area contributed by atoms with Crippen LogP contribution in [0.15, 0.2) is 17.3 Å². The van der Waals surface area contributed by atoms with Crippen molar-refractivity contribution in [1.29, 1.82) is 0 Å². The Balaban J connectivity index is 1.94. The van der Waals surface area contributed by atoms with Crippen molar-refractivity contribution in [3.8, 4) is 0 Å². The summed E-state index contributed by atoms with van der Waals surface area (Å²) in [5.41, 5.74) is 0. The van der Waals surface area contributed by atoms with Crippen LogP contribution in [0.3, 0.4) is 0 Å². The maximum Gasteiger partial charge on any atom is 0.131 e. The van der Waals surface area contributed by atoms with Crippen molar-refractivity contribution >= 4 is 6.34 Å². The average Bonchev–Trinajstić information content (AvgIpc) is 2.58. The summed E-state index contributed by atoms with van der Waals surface area (Å²) in [6, 6.07) is 0. The summed E-state index contributed by atoms with van der Waals surface area (Å²) in [4.78, 5) is 6.18. The van der Waals surface area contributed by atoms with Crippen LogP contribution in [0.25, 0.3) is 0 Å². The summed E-state index contributed by atoms with van der Waals surface area (Å²) < 4.78 is 5.49. The van der Waals surface area contributed by atoms with Gasteiger partial charge in [-0.1, -0.05) is 0 Å². The number of hydrogen-bond donors (Lipinski definition) is 0. The number of hydrogen-bond acceptors (Lipinski definition) is 3. The zero-order chi connectivity index (χ0) is 7.52. The molecule has 11 heavy (non-hydrogen) atoms. The molecule has 1 saturated heterocycles. The van der Waals surface area contributed by atoms with E-state index in [1.807, 2.05) is 18.6 Å². The first-order chi connectivity index (χ1) is 5.47. The first-order valence-corrected chi connectivity index (χ1v) is 4.02. The van der Waals surface area contributed by atoms with Crippen LogP contribution in [0, 0.1) is 0 Å². The highest BCUT2D eigenvalue weighted by atomic mass is 16.5. The highest BCUT2D eigenvalue weighted by molar-refractivity contribution is 5.57. The summed E-state index contributed by atoms with van der Waals surface area (Å²) in [5.74, 6) is 0. The first-order valence-electron chi connectivity index (χ1n) is 4.02. The van der Waals surface area contributed by atoms with Crippen LogP contribution in [0.2, 0.25) is 0 Å². The lowest BCUT2D eigenvalue weighted by Crippen LogP contribution is -2.34. The highest BCUT2D eigenvalue weighted by Crippen LogP contribution is 2.15. The van der Waals surface area contributed by atoms with Gasteiger partial charge in [0.05, 0.1) is 6.34 Å². The van der Waals surface area contributed by atoms with Gasteiger partial charge in [0, 0.05) is 19.4 Å². The van der Waals surface area contributed by atoms with E-state index < -0.39 is 0 Å². The van der Waals surface area contributed by atoms with Crippen LogP contribution >= 0.6 is 0 Å². The third kappa shape index (κ3) is 1.43. The molecule has 2 rings (SSSR count). The maximum absolute atomic E-state index is 5.49. The molecule has 60 valence electrons. The van der Waals surface area contributed by atoms with E-state index in [2.05, 4.69) is 9.89 Å². The Bertz CT molecular complexity index is 183. The summed E-state index contributed by atoms with van der Waals surface area (Å²) in [5, 5.41) is 0. The molecule has 0 aromatic carbocycles. The predicted molar refractivity (Wildman–Crippen MR) is 43.3 cm³/mol. The minimum absolute atomic E-state index is 0.281. The highest BCUT2D eigenvalue weighted by Gasteiger charge is 2.20. The average molecular weight is 152 g/mol. The number of aliphatic imine (C=N–C) groups is 1. The van der Waals surface area contributed by atoms with Gasteiger partial charge in [0.25, 0.3) is 0 Å². The molecule has 3 heteroatoms. The number of ether oxygens (including phenoxy) is 1. The predicted octanol–water partition coefficient (Wildman–Crippen LogP) is 0.981. The number of nitrogens with zero attached hydrogens (tertiary/aromatic N) is 2. The molecule has 3 nitrogen and oxygen atoms in total. The largest absolute Gasteiger partial charge is 0.358 e. The first kappa shape index (κ1) is 6.85. The van der Waals surface area contributed by atoms with E-state index in [0.29, 0.717) is 0 Å². The van der Waals surface area contributed by atoms with Gasteiger partial charge in [-0.15, -0.1) is 0 Å². The van der Waals surface area contributed by atoms with E-state index in [1.165, 1.54) is 6.42 Å². The molecule has 0 aliphatic carbocycles. The lowest BCUT2D eigenvalue weighted by atomic mass is 10.3. The van der Waals surface area contributed by atoms with Crippen LogP contribution in [-0.4, -0.2) is 30.6 Å². The Morgan fingerprint density at radius 2 is 2.55 bits per heavy atom. The third-order valence-corrected chi connectivity index (χ3v) is 2.00. The minimum Gasteiger partial charge on any atom is -0.358 e. The Labute approximate surface area is 66.4 Å². The molecule has 0 radical (unpaired) electrons. The van der Waals surface area contributed by atoms with Crippen molar-refractivity contribution in [2.24, 2.45) is 4.99 Å². The standard InChI is InChI=1S/C8H12N2O/c1-3-8(11-6-1)10-5-2-4-9-7-10/h2,4,7-8H,1,3,5-6H2.